The second kappa shape index (κ2) is 3.91. The molecule has 10 heavy (non-hydrogen) atoms. The van der Waals surface area contributed by atoms with Gasteiger partial charge in [-0.25, -0.2) is 5.32 Å². The molecular formula is C7H16N3. The third-order valence-electron chi connectivity index (χ3n) is 1.97. The highest BCUT2D eigenvalue weighted by Gasteiger charge is 2.18. The van der Waals surface area contributed by atoms with E-state index in [1.807, 2.05) is 0 Å². The van der Waals surface area contributed by atoms with Crippen molar-refractivity contribution in [1.82, 2.24) is 10.6 Å². The van der Waals surface area contributed by atoms with Gasteiger partial charge in [-0.05, 0) is 6.42 Å². The molecule has 0 aromatic rings. The fraction of sp³-hybridized carbons (Fsp3) is 1.00. The normalized spacial score (nSPS) is 30.0. The number of rotatable bonds is 2. The molecule has 1 heterocycles. The summed E-state index contributed by atoms with van der Waals surface area (Å²) in [5.41, 5.74) is 5.81. The van der Waals surface area contributed by atoms with Gasteiger partial charge >= 0.3 is 0 Å². The number of piperazine rings is 1. The maximum Gasteiger partial charge on any atom is 0.0522 e. The molecular weight excluding hydrogens is 126 g/mol. The highest BCUT2D eigenvalue weighted by molar-refractivity contribution is 4.83. The van der Waals surface area contributed by atoms with Gasteiger partial charge in [0.2, 0.25) is 0 Å². The van der Waals surface area contributed by atoms with E-state index in [1.165, 1.54) is 0 Å². The van der Waals surface area contributed by atoms with Crippen molar-refractivity contribution >= 4 is 0 Å². The Balaban J connectivity index is 2.24. The lowest BCUT2D eigenvalue weighted by molar-refractivity contribution is 0.353. The van der Waals surface area contributed by atoms with Gasteiger partial charge in [0.1, 0.15) is 0 Å². The molecule has 3 nitrogen and oxygen atoms in total. The Morgan fingerprint density at radius 3 is 3.10 bits per heavy atom. The molecule has 1 fully saturated rings. The molecule has 0 aliphatic carbocycles. The van der Waals surface area contributed by atoms with Gasteiger partial charge in [0.05, 0.1) is 6.04 Å². The average molecular weight is 142 g/mol. The smallest absolute Gasteiger partial charge is 0.0522 e. The van der Waals surface area contributed by atoms with Crippen molar-refractivity contribution in [2.24, 2.45) is 5.73 Å². The fourth-order valence-electron chi connectivity index (χ4n) is 1.18. The number of hydrogen-bond donors (Lipinski definition) is 2. The van der Waals surface area contributed by atoms with Crippen LogP contribution in [0.2, 0.25) is 0 Å². The first-order chi connectivity index (χ1) is 4.84. The molecule has 3 N–H and O–H groups in total. The summed E-state index contributed by atoms with van der Waals surface area (Å²) in [4.78, 5) is 0. The van der Waals surface area contributed by atoms with Crippen LogP contribution in [0.5, 0.6) is 0 Å². The summed E-state index contributed by atoms with van der Waals surface area (Å²) in [5.74, 6) is 0. The summed E-state index contributed by atoms with van der Waals surface area (Å²) in [6.45, 7) is 5.02. The summed E-state index contributed by atoms with van der Waals surface area (Å²) in [6, 6.07) is 0.617. The van der Waals surface area contributed by atoms with E-state index >= 15 is 0 Å². The van der Waals surface area contributed by atoms with E-state index < -0.39 is 0 Å². The quantitative estimate of drug-likeness (QED) is 0.535. The molecule has 0 bridgehead atoms. The standard InChI is InChI=1S/C7H16N3/c1-2-6(8)7-5-9-3-4-10-7/h6-7,9H,2-5,8H2,1H3. The largest absolute Gasteiger partial charge is 0.326 e. The minimum Gasteiger partial charge on any atom is -0.326 e. The molecule has 0 amide bonds. The van der Waals surface area contributed by atoms with Crippen LogP contribution in [0, 0.1) is 0 Å². The van der Waals surface area contributed by atoms with Gasteiger partial charge in [0, 0.05) is 25.7 Å². The van der Waals surface area contributed by atoms with E-state index in [2.05, 4.69) is 17.6 Å². The van der Waals surface area contributed by atoms with Crippen LogP contribution in [-0.2, 0) is 0 Å². The minimum atomic E-state index is 0.257. The lowest BCUT2D eigenvalue weighted by atomic mass is 10.1. The van der Waals surface area contributed by atoms with E-state index in [9.17, 15) is 0 Å². The monoisotopic (exact) mass is 142 g/mol. The highest BCUT2D eigenvalue weighted by atomic mass is 15.1. The molecule has 2 unspecified atom stereocenters. The first-order valence-electron chi connectivity index (χ1n) is 3.97. The predicted octanol–water partition coefficient (Wildman–Crippen LogP) is -0.700. The Hall–Kier alpha value is -0.120. The lowest BCUT2D eigenvalue weighted by Gasteiger charge is -2.27. The van der Waals surface area contributed by atoms with Crippen molar-refractivity contribution < 1.29 is 0 Å². The summed E-state index contributed by atoms with van der Waals surface area (Å²) in [5, 5.41) is 7.69. The highest BCUT2D eigenvalue weighted by Crippen LogP contribution is 1.97. The molecule has 0 spiro atoms. The molecule has 1 aliphatic rings. The zero-order valence-electron chi connectivity index (χ0n) is 6.51. The minimum absolute atomic E-state index is 0.257. The summed E-state index contributed by atoms with van der Waals surface area (Å²) >= 11 is 0. The number of nitrogens with two attached hydrogens (primary N) is 1. The van der Waals surface area contributed by atoms with Crippen molar-refractivity contribution in [3.8, 4) is 0 Å². The molecule has 0 aromatic carbocycles. The van der Waals surface area contributed by atoms with Crippen molar-refractivity contribution in [2.75, 3.05) is 19.6 Å². The van der Waals surface area contributed by atoms with Crippen LogP contribution in [0.15, 0.2) is 0 Å². The van der Waals surface area contributed by atoms with Crippen LogP contribution in [-0.4, -0.2) is 31.7 Å². The zero-order chi connectivity index (χ0) is 7.40. The molecule has 1 rings (SSSR count). The van der Waals surface area contributed by atoms with Gasteiger partial charge in [-0.2, -0.15) is 0 Å². The summed E-state index contributed by atoms with van der Waals surface area (Å²) < 4.78 is 0. The topological polar surface area (TPSA) is 52.1 Å². The maximum atomic E-state index is 5.81. The van der Waals surface area contributed by atoms with Crippen LogP contribution >= 0.6 is 0 Å². The molecule has 0 aromatic heterocycles. The van der Waals surface area contributed by atoms with E-state index in [0.29, 0.717) is 6.04 Å². The Kier molecular flexibility index (Phi) is 3.12. The van der Waals surface area contributed by atoms with E-state index in [0.717, 1.165) is 26.1 Å². The van der Waals surface area contributed by atoms with E-state index in [4.69, 9.17) is 5.73 Å². The van der Waals surface area contributed by atoms with Gasteiger partial charge in [-0.15, -0.1) is 0 Å². The molecule has 1 saturated heterocycles. The van der Waals surface area contributed by atoms with Crippen LogP contribution in [0.1, 0.15) is 13.3 Å². The molecule has 2 atom stereocenters. The van der Waals surface area contributed by atoms with Gasteiger partial charge in [0.25, 0.3) is 0 Å². The van der Waals surface area contributed by atoms with Crippen LogP contribution in [0.25, 0.3) is 0 Å². The molecule has 59 valence electrons. The number of hydrogen-bond acceptors (Lipinski definition) is 2. The maximum absolute atomic E-state index is 5.81. The van der Waals surface area contributed by atoms with Crippen LogP contribution in [0.4, 0.5) is 0 Å². The van der Waals surface area contributed by atoms with Crippen molar-refractivity contribution in [3.05, 3.63) is 0 Å². The summed E-state index contributed by atoms with van der Waals surface area (Å²) in [6.07, 6.45) is 1.02. The van der Waals surface area contributed by atoms with Gasteiger partial charge in [-0.1, -0.05) is 6.92 Å². The number of nitrogens with zero attached hydrogens (tertiary/aromatic N) is 1. The van der Waals surface area contributed by atoms with E-state index in [-0.39, 0.29) is 6.04 Å². The fourth-order valence-corrected chi connectivity index (χ4v) is 1.18. The first kappa shape index (κ1) is 7.98. The van der Waals surface area contributed by atoms with Crippen LogP contribution < -0.4 is 16.4 Å². The molecule has 3 heteroatoms. The number of nitrogens with one attached hydrogen (secondary N) is 1. The first-order valence-corrected chi connectivity index (χ1v) is 3.97. The van der Waals surface area contributed by atoms with Gasteiger partial charge < -0.3 is 11.1 Å². The lowest BCUT2D eigenvalue weighted by Crippen LogP contribution is -2.52. The second-order valence-corrected chi connectivity index (χ2v) is 2.75. The predicted molar refractivity (Wildman–Crippen MR) is 41.9 cm³/mol. The molecule has 0 saturated carbocycles. The Bertz CT molecular complexity index is 88.9. The Morgan fingerprint density at radius 1 is 1.80 bits per heavy atom. The Labute approximate surface area is 62.4 Å². The van der Waals surface area contributed by atoms with E-state index in [1.54, 1.807) is 0 Å². The molecule has 1 radical (unpaired) electrons. The van der Waals surface area contributed by atoms with Gasteiger partial charge in [-0.3, -0.25) is 0 Å². The molecule has 1 aliphatic heterocycles. The SMILES string of the molecule is CCC(N)C1CNCC[N]1. The van der Waals surface area contributed by atoms with Crippen LogP contribution in [0.3, 0.4) is 0 Å². The average Bonchev–Trinajstić information content (AvgIpc) is 2.05. The zero-order valence-corrected chi connectivity index (χ0v) is 6.51. The van der Waals surface area contributed by atoms with Gasteiger partial charge in [0.15, 0.2) is 0 Å². The third kappa shape index (κ3) is 1.94. The summed E-state index contributed by atoms with van der Waals surface area (Å²) in [7, 11) is 0. The van der Waals surface area contributed by atoms with Crippen molar-refractivity contribution in [1.29, 1.82) is 0 Å². The third-order valence-corrected chi connectivity index (χ3v) is 1.97. The van der Waals surface area contributed by atoms with Crippen molar-refractivity contribution in [3.63, 3.8) is 0 Å². The van der Waals surface area contributed by atoms with Crippen molar-refractivity contribution in [2.45, 2.75) is 25.4 Å². The second-order valence-electron chi connectivity index (χ2n) is 2.75. The Morgan fingerprint density at radius 2 is 2.60 bits per heavy atom.